The normalized spacial score (nSPS) is 11.2. The van der Waals surface area contributed by atoms with Crippen molar-refractivity contribution in [3.8, 4) is 0 Å². The molecular weight excluding hydrogens is 402 g/mol. The average molecular weight is 414 g/mol. The number of halogens is 1. The molecule has 7 nitrogen and oxygen atoms in total. The maximum Gasteiger partial charge on any atom is 0.339 e. The Bertz CT molecular complexity index is 1210. The first kappa shape index (κ1) is 16.5. The fraction of sp³-hybridized carbons (Fsp3) is 0.111. The summed E-state index contributed by atoms with van der Waals surface area (Å²) in [6.07, 6.45) is 1.63. The second-order valence-electron chi connectivity index (χ2n) is 5.70. The number of nitrogens with zero attached hydrogens (tertiary/aromatic N) is 3. The van der Waals surface area contributed by atoms with E-state index in [0.717, 1.165) is 4.47 Å². The van der Waals surface area contributed by atoms with Crippen molar-refractivity contribution < 1.29 is 13.9 Å². The van der Waals surface area contributed by atoms with E-state index >= 15 is 0 Å². The summed E-state index contributed by atoms with van der Waals surface area (Å²) in [7, 11) is 0. The molecule has 0 aliphatic carbocycles. The van der Waals surface area contributed by atoms with Crippen LogP contribution in [0.15, 0.2) is 56.3 Å². The molecule has 8 heteroatoms. The molecule has 0 unspecified atom stereocenters. The molecule has 0 saturated heterocycles. The van der Waals surface area contributed by atoms with E-state index in [1.165, 1.54) is 6.07 Å². The molecule has 1 aromatic carbocycles. The smallest absolute Gasteiger partial charge is 0.339 e. The largest absolute Gasteiger partial charge is 0.457 e. The van der Waals surface area contributed by atoms with Crippen LogP contribution in [0.2, 0.25) is 0 Å². The summed E-state index contributed by atoms with van der Waals surface area (Å²) in [5.41, 5.74) is 1.54. The van der Waals surface area contributed by atoms with Crippen LogP contribution < -0.4 is 5.63 Å². The molecule has 0 fully saturated rings. The number of rotatable bonds is 3. The molecule has 0 bridgehead atoms. The molecule has 0 N–H and O–H groups in total. The maximum atomic E-state index is 12.4. The highest BCUT2D eigenvalue weighted by Gasteiger charge is 2.13. The van der Waals surface area contributed by atoms with Crippen molar-refractivity contribution in [1.29, 1.82) is 0 Å². The molecule has 0 saturated carbocycles. The first-order valence-corrected chi connectivity index (χ1v) is 8.51. The Morgan fingerprint density at radius 2 is 2.08 bits per heavy atom. The molecule has 130 valence electrons. The lowest BCUT2D eigenvalue weighted by Crippen LogP contribution is -2.09. The van der Waals surface area contributed by atoms with E-state index < -0.39 is 11.6 Å². The van der Waals surface area contributed by atoms with Gasteiger partial charge in [-0.15, -0.1) is 10.2 Å². The van der Waals surface area contributed by atoms with Gasteiger partial charge in [-0.1, -0.05) is 15.9 Å². The van der Waals surface area contributed by atoms with Crippen molar-refractivity contribution in [3.05, 3.63) is 74.4 Å². The summed E-state index contributed by atoms with van der Waals surface area (Å²) < 4.78 is 13.1. The lowest BCUT2D eigenvalue weighted by Gasteiger charge is -2.08. The van der Waals surface area contributed by atoms with Gasteiger partial charge in [0.2, 0.25) is 0 Å². The number of aromatic nitrogens is 3. The molecule has 3 aromatic heterocycles. The lowest BCUT2D eigenvalue weighted by atomic mass is 10.1. The summed E-state index contributed by atoms with van der Waals surface area (Å²) >= 11 is 3.34. The van der Waals surface area contributed by atoms with E-state index in [9.17, 15) is 9.59 Å². The second kappa shape index (κ2) is 6.38. The number of hydrogen-bond acceptors (Lipinski definition) is 6. The Balaban J connectivity index is 1.62. The third-order valence-electron chi connectivity index (χ3n) is 3.96. The van der Waals surface area contributed by atoms with Gasteiger partial charge in [-0.2, -0.15) is 0 Å². The molecule has 4 aromatic rings. The zero-order chi connectivity index (χ0) is 18.3. The van der Waals surface area contributed by atoms with Gasteiger partial charge in [-0.3, -0.25) is 4.40 Å². The third-order valence-corrected chi connectivity index (χ3v) is 4.45. The first-order valence-electron chi connectivity index (χ1n) is 7.72. The quantitative estimate of drug-likeness (QED) is 0.378. The predicted octanol–water partition coefficient (Wildman–Crippen LogP) is 3.26. The van der Waals surface area contributed by atoms with Gasteiger partial charge in [0.25, 0.3) is 0 Å². The van der Waals surface area contributed by atoms with Gasteiger partial charge >= 0.3 is 11.6 Å². The Morgan fingerprint density at radius 3 is 2.92 bits per heavy atom. The Labute approximate surface area is 155 Å². The number of hydrogen-bond donors (Lipinski definition) is 0. The van der Waals surface area contributed by atoms with Crippen LogP contribution in [-0.4, -0.2) is 20.6 Å². The molecule has 0 atom stereocenters. The van der Waals surface area contributed by atoms with Crippen LogP contribution in [0.3, 0.4) is 0 Å². The Hall–Kier alpha value is -3.00. The van der Waals surface area contributed by atoms with Gasteiger partial charge in [-0.25, -0.2) is 9.59 Å². The fourth-order valence-corrected chi connectivity index (χ4v) is 3.02. The number of pyridine rings is 1. The van der Waals surface area contributed by atoms with E-state index in [0.29, 0.717) is 33.6 Å². The van der Waals surface area contributed by atoms with E-state index in [-0.39, 0.29) is 6.61 Å². The fourth-order valence-electron chi connectivity index (χ4n) is 2.68. The van der Waals surface area contributed by atoms with Crippen molar-refractivity contribution in [1.82, 2.24) is 14.6 Å². The summed E-state index contributed by atoms with van der Waals surface area (Å²) in [6.45, 7) is 1.75. The number of aryl methyl sites for hydroxylation is 1. The zero-order valence-corrected chi connectivity index (χ0v) is 15.2. The minimum absolute atomic E-state index is 0.0399. The standard InChI is InChI=1S/C18H12BrN3O4/c1-10-20-21-16-5-2-11(8-22(10)16)18(24)25-9-12-6-17(23)26-15-7-13(19)3-4-14(12)15/h2-8H,9H2,1H3. The van der Waals surface area contributed by atoms with Crippen molar-refractivity contribution in [2.45, 2.75) is 13.5 Å². The maximum absolute atomic E-state index is 12.4. The number of carbonyl (C=O) groups is 1. The molecule has 3 heterocycles. The van der Waals surface area contributed by atoms with Crippen molar-refractivity contribution >= 4 is 38.5 Å². The van der Waals surface area contributed by atoms with Gasteiger partial charge in [0.15, 0.2) is 5.65 Å². The van der Waals surface area contributed by atoms with Crippen LogP contribution >= 0.6 is 15.9 Å². The highest BCUT2D eigenvalue weighted by atomic mass is 79.9. The van der Waals surface area contributed by atoms with E-state index in [4.69, 9.17) is 9.15 Å². The van der Waals surface area contributed by atoms with Crippen molar-refractivity contribution in [2.75, 3.05) is 0 Å². The molecule has 0 radical (unpaired) electrons. The van der Waals surface area contributed by atoms with Crippen LogP contribution in [0.1, 0.15) is 21.7 Å². The predicted molar refractivity (Wildman–Crippen MR) is 97.0 cm³/mol. The van der Waals surface area contributed by atoms with Gasteiger partial charge in [-0.05, 0) is 37.3 Å². The van der Waals surface area contributed by atoms with E-state index in [1.54, 1.807) is 41.8 Å². The minimum atomic E-state index is -0.501. The van der Waals surface area contributed by atoms with Crippen LogP contribution in [-0.2, 0) is 11.3 Å². The second-order valence-corrected chi connectivity index (χ2v) is 6.62. The minimum Gasteiger partial charge on any atom is -0.457 e. The van der Waals surface area contributed by atoms with Crippen LogP contribution in [0, 0.1) is 6.92 Å². The van der Waals surface area contributed by atoms with Crippen molar-refractivity contribution in [3.63, 3.8) is 0 Å². The van der Waals surface area contributed by atoms with Crippen LogP contribution in [0.4, 0.5) is 0 Å². The van der Waals surface area contributed by atoms with E-state index in [2.05, 4.69) is 26.1 Å². The number of ether oxygens (including phenoxy) is 1. The van der Waals surface area contributed by atoms with Gasteiger partial charge in [0.05, 0.1) is 5.56 Å². The van der Waals surface area contributed by atoms with Crippen molar-refractivity contribution in [2.24, 2.45) is 0 Å². The molecule has 4 rings (SSSR count). The highest BCUT2D eigenvalue weighted by Crippen LogP contribution is 2.22. The number of carbonyl (C=O) groups excluding carboxylic acids is 1. The Kier molecular flexibility index (Phi) is 4.04. The molecule has 0 amide bonds. The SMILES string of the molecule is Cc1nnc2ccc(C(=O)OCc3cc(=O)oc4cc(Br)ccc34)cn12. The van der Waals surface area contributed by atoms with Gasteiger partial charge in [0, 0.05) is 27.7 Å². The topological polar surface area (TPSA) is 86.7 Å². The van der Waals surface area contributed by atoms with Crippen LogP contribution in [0.25, 0.3) is 16.6 Å². The molecular formula is C18H12BrN3O4. The number of fused-ring (bicyclic) bond motifs is 2. The highest BCUT2D eigenvalue weighted by molar-refractivity contribution is 9.10. The van der Waals surface area contributed by atoms with Crippen LogP contribution in [0.5, 0.6) is 0 Å². The average Bonchev–Trinajstić information content (AvgIpc) is 2.99. The monoisotopic (exact) mass is 413 g/mol. The van der Waals surface area contributed by atoms with E-state index in [1.807, 2.05) is 6.07 Å². The third kappa shape index (κ3) is 2.99. The Morgan fingerprint density at radius 1 is 1.23 bits per heavy atom. The molecule has 26 heavy (non-hydrogen) atoms. The molecule has 0 spiro atoms. The number of esters is 1. The molecule has 0 aliphatic heterocycles. The summed E-state index contributed by atoms with van der Waals surface area (Å²) in [6, 6.07) is 9.98. The van der Waals surface area contributed by atoms with Gasteiger partial charge < -0.3 is 9.15 Å². The summed E-state index contributed by atoms with van der Waals surface area (Å²) in [5, 5.41) is 8.64. The summed E-state index contributed by atoms with van der Waals surface area (Å²) in [5.74, 6) is 0.172. The van der Waals surface area contributed by atoms with Gasteiger partial charge in [0.1, 0.15) is 18.0 Å². The summed E-state index contributed by atoms with van der Waals surface area (Å²) in [4.78, 5) is 24.1. The molecule has 0 aliphatic rings. The lowest BCUT2D eigenvalue weighted by molar-refractivity contribution is 0.0473. The first-order chi connectivity index (χ1) is 12.5. The number of benzene rings is 1. The zero-order valence-electron chi connectivity index (χ0n) is 13.6.